The van der Waals surface area contributed by atoms with Crippen molar-refractivity contribution in [2.75, 3.05) is 0 Å². The summed E-state index contributed by atoms with van der Waals surface area (Å²) in [6, 6.07) is 29.7. The second-order valence-corrected chi connectivity index (χ2v) is 5.81. The van der Waals surface area contributed by atoms with Crippen molar-refractivity contribution < 1.29 is 20.1 Å². The van der Waals surface area contributed by atoms with Gasteiger partial charge in [0.2, 0.25) is 0 Å². The predicted molar refractivity (Wildman–Crippen MR) is 114 cm³/mol. The SMILES string of the molecule is [CH3-].[Ir+3].[c-]1c(-n2cccn2)cccc1-n1cccn1.[c-]1ccccc1-c1ccccn1. The zero-order chi connectivity index (χ0) is 19.0. The molecule has 0 bridgehead atoms. The van der Waals surface area contributed by atoms with Gasteiger partial charge in [0, 0.05) is 31.0 Å². The topological polar surface area (TPSA) is 48.5 Å². The number of nitrogens with zero attached hydrogens (tertiary/aromatic N) is 5. The average Bonchev–Trinajstić information content (AvgIpc) is 3.50. The fourth-order valence-corrected chi connectivity index (χ4v) is 2.61. The van der Waals surface area contributed by atoms with Gasteiger partial charge in [0.25, 0.3) is 0 Å². The molecular weight excluding hydrogens is 551 g/mol. The van der Waals surface area contributed by atoms with Gasteiger partial charge in [-0.15, -0.1) is 54.1 Å². The molecule has 30 heavy (non-hydrogen) atoms. The molecule has 5 rings (SSSR count). The van der Waals surface area contributed by atoms with Gasteiger partial charge in [-0.05, 0) is 35.3 Å². The molecule has 5 aromatic rings. The summed E-state index contributed by atoms with van der Waals surface area (Å²) in [4.78, 5) is 4.22. The number of hydrogen-bond donors (Lipinski definition) is 0. The van der Waals surface area contributed by atoms with Crippen LogP contribution in [-0.4, -0.2) is 24.5 Å². The van der Waals surface area contributed by atoms with Gasteiger partial charge in [-0.1, -0.05) is 12.1 Å². The minimum atomic E-state index is 0. The summed E-state index contributed by atoms with van der Waals surface area (Å²) in [5, 5.41) is 8.33. The smallest absolute Gasteiger partial charge is 0.358 e. The van der Waals surface area contributed by atoms with E-state index in [-0.39, 0.29) is 27.5 Å². The van der Waals surface area contributed by atoms with Crippen LogP contribution in [0.5, 0.6) is 0 Å². The minimum absolute atomic E-state index is 0. The van der Waals surface area contributed by atoms with Crippen molar-refractivity contribution in [3.05, 3.63) is 123 Å². The Morgan fingerprint density at radius 3 is 1.83 bits per heavy atom. The van der Waals surface area contributed by atoms with Crippen molar-refractivity contribution in [2.45, 2.75) is 0 Å². The van der Waals surface area contributed by atoms with Gasteiger partial charge < -0.3 is 12.4 Å². The molecule has 0 unspecified atom stereocenters. The van der Waals surface area contributed by atoms with Crippen LogP contribution in [0.15, 0.2) is 104 Å². The van der Waals surface area contributed by atoms with E-state index in [2.05, 4.69) is 27.3 Å². The molecule has 0 radical (unpaired) electrons. The number of benzene rings is 2. The van der Waals surface area contributed by atoms with E-state index >= 15 is 0 Å². The first kappa shape index (κ1) is 22.9. The monoisotopic (exact) mass is 571 g/mol. The predicted octanol–water partition coefficient (Wildman–Crippen LogP) is 4.85. The van der Waals surface area contributed by atoms with Crippen LogP contribution >= 0.6 is 0 Å². The Labute approximate surface area is 190 Å². The van der Waals surface area contributed by atoms with Crippen LogP contribution in [0.1, 0.15) is 0 Å². The number of hydrogen-bond acceptors (Lipinski definition) is 3. The Morgan fingerprint density at radius 1 is 0.667 bits per heavy atom. The van der Waals surface area contributed by atoms with Crippen LogP contribution in [0, 0.1) is 19.6 Å². The van der Waals surface area contributed by atoms with Crippen molar-refractivity contribution in [1.29, 1.82) is 0 Å². The summed E-state index contributed by atoms with van der Waals surface area (Å²) < 4.78 is 3.54. The van der Waals surface area contributed by atoms with Crippen LogP contribution in [0.3, 0.4) is 0 Å². The first-order chi connectivity index (χ1) is 13.9. The molecule has 0 N–H and O–H groups in total. The van der Waals surface area contributed by atoms with Crippen molar-refractivity contribution in [3.8, 4) is 22.6 Å². The molecule has 0 aliphatic rings. The molecule has 150 valence electrons. The van der Waals surface area contributed by atoms with Crippen LogP contribution in [-0.2, 0) is 20.1 Å². The van der Waals surface area contributed by atoms with E-state index in [9.17, 15) is 0 Å². The van der Waals surface area contributed by atoms with Crippen molar-refractivity contribution >= 4 is 0 Å². The van der Waals surface area contributed by atoms with Crippen LogP contribution in [0.2, 0.25) is 0 Å². The Bertz CT molecular complexity index is 1010. The maximum atomic E-state index is 4.22. The summed E-state index contributed by atoms with van der Waals surface area (Å²) >= 11 is 0. The molecule has 0 atom stereocenters. The maximum absolute atomic E-state index is 4.22. The first-order valence-electron chi connectivity index (χ1n) is 8.81. The summed E-state index contributed by atoms with van der Waals surface area (Å²) in [6.45, 7) is 0. The number of aromatic nitrogens is 5. The van der Waals surface area contributed by atoms with Gasteiger partial charge in [-0.3, -0.25) is 9.36 Å². The molecule has 0 aliphatic carbocycles. The van der Waals surface area contributed by atoms with Crippen molar-refractivity contribution in [1.82, 2.24) is 24.5 Å². The molecule has 3 heterocycles. The van der Waals surface area contributed by atoms with Gasteiger partial charge in [0.15, 0.2) is 0 Å². The van der Waals surface area contributed by atoms with Crippen LogP contribution in [0.25, 0.3) is 22.6 Å². The normalized spacial score (nSPS) is 9.47. The number of pyridine rings is 1. The molecule has 0 fully saturated rings. The quantitative estimate of drug-likeness (QED) is 0.292. The van der Waals surface area contributed by atoms with E-state index in [1.165, 1.54) is 0 Å². The second-order valence-electron chi connectivity index (χ2n) is 5.81. The largest absolute Gasteiger partial charge is 3.00 e. The Morgan fingerprint density at radius 2 is 1.33 bits per heavy atom. The van der Waals surface area contributed by atoms with Gasteiger partial charge in [-0.25, -0.2) is 0 Å². The van der Waals surface area contributed by atoms with E-state index in [1.54, 1.807) is 28.0 Å². The fourth-order valence-electron chi connectivity index (χ4n) is 2.61. The third-order valence-electron chi connectivity index (χ3n) is 3.92. The zero-order valence-corrected chi connectivity index (χ0v) is 18.8. The number of rotatable bonds is 3. The molecule has 3 aromatic heterocycles. The van der Waals surface area contributed by atoms with E-state index in [1.807, 2.05) is 85.2 Å². The van der Waals surface area contributed by atoms with Gasteiger partial charge in [0.05, 0.1) is 0 Å². The van der Waals surface area contributed by atoms with Gasteiger partial charge in [-0.2, -0.15) is 16.3 Å². The third-order valence-corrected chi connectivity index (χ3v) is 3.92. The molecule has 0 saturated carbocycles. The molecule has 2 aromatic carbocycles. The van der Waals surface area contributed by atoms with E-state index in [0.29, 0.717) is 0 Å². The van der Waals surface area contributed by atoms with E-state index in [4.69, 9.17) is 0 Å². The molecule has 0 saturated heterocycles. The fraction of sp³-hybridized carbons (Fsp3) is 0. The zero-order valence-electron chi connectivity index (χ0n) is 16.4. The summed E-state index contributed by atoms with van der Waals surface area (Å²) in [5.41, 5.74) is 3.81. The van der Waals surface area contributed by atoms with Crippen molar-refractivity contribution in [2.24, 2.45) is 0 Å². The van der Waals surface area contributed by atoms with E-state index in [0.717, 1.165) is 22.6 Å². The summed E-state index contributed by atoms with van der Waals surface area (Å²) in [7, 11) is 0. The molecule has 0 aliphatic heterocycles. The first-order valence-corrected chi connectivity index (χ1v) is 8.81. The molecule has 0 spiro atoms. The maximum Gasteiger partial charge on any atom is 3.00 e. The third kappa shape index (κ3) is 5.83. The molecule has 0 amide bonds. The van der Waals surface area contributed by atoms with Gasteiger partial charge >= 0.3 is 20.1 Å². The molecule has 6 heteroatoms. The van der Waals surface area contributed by atoms with E-state index < -0.39 is 0 Å². The van der Waals surface area contributed by atoms with Crippen LogP contribution < -0.4 is 0 Å². The Hall–Kier alpha value is -3.34. The van der Waals surface area contributed by atoms with Gasteiger partial charge in [0.1, 0.15) is 0 Å². The van der Waals surface area contributed by atoms with Crippen molar-refractivity contribution in [3.63, 3.8) is 0 Å². The summed E-state index contributed by atoms with van der Waals surface area (Å²) in [6.07, 6.45) is 9.05. The Kier molecular flexibility index (Phi) is 8.88. The molecule has 5 nitrogen and oxygen atoms in total. The second kappa shape index (κ2) is 11.6. The van der Waals surface area contributed by atoms with Crippen LogP contribution in [0.4, 0.5) is 0 Å². The minimum Gasteiger partial charge on any atom is -0.358 e. The Balaban J connectivity index is 0.000000207. The summed E-state index contributed by atoms with van der Waals surface area (Å²) in [5.74, 6) is 0. The average molecular weight is 571 g/mol. The standard InChI is InChI=1S/C12H9N4.C11H8N.CH3.Ir/c1-4-11(15-8-2-6-13-15)10-12(5-1)16-9-3-7-14-16;1-2-6-10(7-3-1)11-8-4-5-9-12-11;;/h1-9H;1-6,8-9H;1H3;/q3*-1;+3. The molecular formula is C24H20IrN5.